The molecule has 2 amide bonds. The van der Waals surface area contributed by atoms with Gasteiger partial charge in [0.2, 0.25) is 5.91 Å². The molecule has 8 heteroatoms. The van der Waals surface area contributed by atoms with Crippen LogP contribution < -0.4 is 15.8 Å². The Labute approximate surface area is 236 Å². The van der Waals surface area contributed by atoms with Gasteiger partial charge in [-0.05, 0) is 43.0 Å². The lowest BCUT2D eigenvalue weighted by Crippen LogP contribution is -2.57. The van der Waals surface area contributed by atoms with E-state index in [4.69, 9.17) is 10.5 Å². The van der Waals surface area contributed by atoms with Crippen LogP contribution in [-0.2, 0) is 10.2 Å². The molecule has 0 aliphatic carbocycles. The Morgan fingerprint density at radius 1 is 1.07 bits per heavy atom. The van der Waals surface area contributed by atoms with Gasteiger partial charge in [-0.1, -0.05) is 60.7 Å². The Bertz CT molecular complexity index is 1260. The first kappa shape index (κ1) is 29.1. The van der Waals surface area contributed by atoms with Crippen LogP contribution in [-0.4, -0.2) is 79.2 Å². The molecule has 3 atom stereocenters. The number of nitrogens with zero attached hydrogens (tertiary/aromatic N) is 2. The number of amides is 2. The van der Waals surface area contributed by atoms with Crippen molar-refractivity contribution < 1.29 is 19.4 Å². The highest BCUT2D eigenvalue weighted by atomic mass is 16.5. The first-order chi connectivity index (χ1) is 19.2. The van der Waals surface area contributed by atoms with Crippen molar-refractivity contribution in [3.63, 3.8) is 0 Å². The summed E-state index contributed by atoms with van der Waals surface area (Å²) >= 11 is 0. The van der Waals surface area contributed by atoms with Crippen LogP contribution in [0.2, 0.25) is 0 Å². The largest absolute Gasteiger partial charge is 0.496 e. The van der Waals surface area contributed by atoms with Gasteiger partial charge in [-0.2, -0.15) is 0 Å². The minimum Gasteiger partial charge on any atom is -0.496 e. The third-order valence-corrected chi connectivity index (χ3v) is 7.93. The normalized spacial score (nSPS) is 18.5. The Morgan fingerprint density at radius 3 is 2.20 bits per heavy atom. The zero-order valence-corrected chi connectivity index (χ0v) is 23.7. The second kappa shape index (κ2) is 12.5. The van der Waals surface area contributed by atoms with Crippen molar-refractivity contribution in [2.75, 3.05) is 40.0 Å². The number of methoxy groups -OCH3 is 1. The molecule has 1 heterocycles. The topological polar surface area (TPSA) is 108 Å². The average Bonchev–Trinajstić information content (AvgIpc) is 2.97. The van der Waals surface area contributed by atoms with E-state index in [9.17, 15) is 14.7 Å². The van der Waals surface area contributed by atoms with Gasteiger partial charge in [-0.25, -0.2) is 0 Å². The summed E-state index contributed by atoms with van der Waals surface area (Å²) in [5.41, 5.74) is 7.68. The summed E-state index contributed by atoms with van der Waals surface area (Å²) in [6.45, 7) is 3.15. The van der Waals surface area contributed by atoms with Gasteiger partial charge >= 0.3 is 0 Å². The van der Waals surface area contributed by atoms with E-state index in [-0.39, 0.29) is 17.9 Å². The molecule has 212 valence electrons. The van der Waals surface area contributed by atoms with E-state index >= 15 is 0 Å². The molecule has 3 aromatic rings. The molecule has 1 fully saturated rings. The number of likely N-dealkylation sites (N-methyl/N-ethyl adjacent to an activating group) is 1. The molecule has 40 heavy (non-hydrogen) atoms. The Kier molecular flexibility index (Phi) is 9.12. The summed E-state index contributed by atoms with van der Waals surface area (Å²) in [4.78, 5) is 30.9. The summed E-state index contributed by atoms with van der Waals surface area (Å²) in [6, 6.07) is 24.3. The van der Waals surface area contributed by atoms with Gasteiger partial charge in [0.25, 0.3) is 5.91 Å². The van der Waals surface area contributed by atoms with Crippen LogP contribution in [0.4, 0.5) is 5.69 Å². The first-order valence-electron chi connectivity index (χ1n) is 13.7. The number of nitrogen functional groups attached to an aromatic ring is 1. The third kappa shape index (κ3) is 5.98. The van der Waals surface area contributed by atoms with E-state index in [0.717, 1.165) is 11.1 Å². The highest BCUT2D eigenvalue weighted by Crippen LogP contribution is 2.40. The summed E-state index contributed by atoms with van der Waals surface area (Å²) in [7, 11) is 5.08. The highest BCUT2D eigenvalue weighted by molar-refractivity contribution is 5.97. The molecule has 1 aliphatic rings. The van der Waals surface area contributed by atoms with E-state index in [0.29, 0.717) is 42.9 Å². The van der Waals surface area contributed by atoms with Crippen molar-refractivity contribution in [3.05, 3.63) is 95.6 Å². The number of hydrogen-bond acceptors (Lipinski definition) is 6. The molecular weight excluding hydrogens is 504 g/mol. The molecule has 8 nitrogen and oxygen atoms in total. The summed E-state index contributed by atoms with van der Waals surface area (Å²) in [5, 5.41) is 14.1. The van der Waals surface area contributed by atoms with Gasteiger partial charge in [0.05, 0.1) is 24.8 Å². The van der Waals surface area contributed by atoms with Crippen LogP contribution in [0.3, 0.4) is 0 Å². The fraction of sp³-hybridized carbons (Fsp3) is 0.375. The number of hydrogen-bond donors (Lipinski definition) is 3. The molecule has 0 saturated carbocycles. The number of ether oxygens (including phenoxy) is 1. The second-order valence-electron chi connectivity index (χ2n) is 10.8. The zero-order chi connectivity index (χ0) is 28.9. The lowest BCUT2D eigenvalue weighted by Gasteiger charge is -2.44. The van der Waals surface area contributed by atoms with Crippen LogP contribution >= 0.6 is 0 Å². The van der Waals surface area contributed by atoms with Crippen LogP contribution in [0.1, 0.15) is 41.3 Å². The Hall–Kier alpha value is -3.88. The van der Waals surface area contributed by atoms with E-state index in [2.05, 4.69) is 17.1 Å². The van der Waals surface area contributed by atoms with Crippen molar-refractivity contribution in [2.24, 2.45) is 0 Å². The standard InChI is InChI=1S/C32H40N4O4/c1-22(20-32(31(39)35(2)3,23-11-7-5-8-12-23)24-13-9-6-10-14-24)36-18-17-27(28(37)21-36)34-30(38)26-16-15-25(33)19-29(26)40-4/h5-16,19,22,27-28,37H,17-18,20-21,33H2,1-4H3,(H,34,38)/t22?,27-,28-/m1/s1. The van der Waals surface area contributed by atoms with Gasteiger partial charge in [-0.15, -0.1) is 0 Å². The minimum absolute atomic E-state index is 0.0110. The molecule has 1 unspecified atom stereocenters. The quantitative estimate of drug-likeness (QED) is 0.357. The van der Waals surface area contributed by atoms with Crippen molar-refractivity contribution in [3.8, 4) is 5.75 Å². The van der Waals surface area contributed by atoms with E-state index < -0.39 is 17.6 Å². The van der Waals surface area contributed by atoms with E-state index in [1.54, 1.807) is 37.2 Å². The molecule has 0 spiro atoms. The Balaban J connectivity index is 1.54. The summed E-state index contributed by atoms with van der Waals surface area (Å²) < 4.78 is 5.32. The lowest BCUT2D eigenvalue weighted by molar-refractivity contribution is -0.134. The monoisotopic (exact) mass is 544 g/mol. The number of rotatable bonds is 9. The van der Waals surface area contributed by atoms with Gasteiger partial charge in [-0.3, -0.25) is 14.5 Å². The van der Waals surface area contributed by atoms with Crippen LogP contribution in [0, 0.1) is 0 Å². The molecule has 1 aliphatic heterocycles. The zero-order valence-electron chi connectivity index (χ0n) is 23.7. The number of aliphatic hydroxyl groups excluding tert-OH is 1. The predicted octanol–water partition coefficient (Wildman–Crippen LogP) is 3.30. The number of aliphatic hydroxyl groups is 1. The summed E-state index contributed by atoms with van der Waals surface area (Å²) in [5.74, 6) is 0.0878. The van der Waals surface area contributed by atoms with Crippen molar-refractivity contribution in [1.82, 2.24) is 15.1 Å². The number of β-amino-alcohol motifs (C(OH)–C–C–N with tert-alkyl or cyclic N) is 1. The molecule has 1 saturated heterocycles. The second-order valence-corrected chi connectivity index (χ2v) is 10.8. The SMILES string of the molecule is COc1cc(N)ccc1C(=O)N[C@@H]1CCN(C(C)CC(C(=O)N(C)C)(c2ccccc2)c2ccccc2)C[C@H]1O. The van der Waals surface area contributed by atoms with Gasteiger partial charge in [0, 0.05) is 45.0 Å². The van der Waals surface area contributed by atoms with Crippen molar-refractivity contribution >= 4 is 17.5 Å². The minimum atomic E-state index is -0.896. The number of carbonyl (C=O) groups excluding carboxylic acids is 2. The third-order valence-electron chi connectivity index (χ3n) is 7.93. The van der Waals surface area contributed by atoms with Crippen LogP contribution in [0.5, 0.6) is 5.75 Å². The van der Waals surface area contributed by atoms with Gasteiger partial charge in [0.1, 0.15) is 11.2 Å². The lowest BCUT2D eigenvalue weighted by atomic mass is 9.69. The average molecular weight is 545 g/mol. The molecule has 0 bridgehead atoms. The van der Waals surface area contributed by atoms with Crippen molar-refractivity contribution in [1.29, 1.82) is 0 Å². The first-order valence-corrected chi connectivity index (χ1v) is 13.7. The fourth-order valence-electron chi connectivity index (χ4n) is 5.80. The molecule has 3 aromatic carbocycles. The van der Waals surface area contributed by atoms with Crippen molar-refractivity contribution in [2.45, 2.75) is 43.4 Å². The number of nitrogens with one attached hydrogen (secondary N) is 1. The highest BCUT2D eigenvalue weighted by Gasteiger charge is 2.45. The molecule has 4 N–H and O–H groups in total. The van der Waals surface area contributed by atoms with Crippen LogP contribution in [0.15, 0.2) is 78.9 Å². The number of likely N-dealkylation sites (tertiary alicyclic amines) is 1. The number of anilines is 1. The maximum atomic E-state index is 14.0. The number of carbonyl (C=O) groups is 2. The maximum Gasteiger partial charge on any atom is 0.255 e. The maximum absolute atomic E-state index is 14.0. The van der Waals surface area contributed by atoms with E-state index in [1.807, 2.05) is 60.7 Å². The molecule has 4 rings (SSSR count). The predicted molar refractivity (Wildman–Crippen MR) is 157 cm³/mol. The van der Waals surface area contributed by atoms with Gasteiger partial charge in [0.15, 0.2) is 0 Å². The molecular formula is C32H40N4O4. The number of piperidine rings is 1. The van der Waals surface area contributed by atoms with Crippen LogP contribution in [0.25, 0.3) is 0 Å². The number of benzene rings is 3. The Morgan fingerprint density at radius 2 is 1.68 bits per heavy atom. The number of nitrogens with two attached hydrogens (primary N) is 1. The molecule has 0 aromatic heterocycles. The fourth-order valence-corrected chi connectivity index (χ4v) is 5.80. The smallest absolute Gasteiger partial charge is 0.255 e. The van der Waals surface area contributed by atoms with Gasteiger partial charge < -0.3 is 25.8 Å². The molecule has 0 radical (unpaired) electrons. The summed E-state index contributed by atoms with van der Waals surface area (Å²) in [6.07, 6.45) is 0.330. The van der Waals surface area contributed by atoms with E-state index in [1.165, 1.54) is 7.11 Å².